The number of ketones is 1. The molecular formula is C22H24N4O2S. The highest BCUT2D eigenvalue weighted by molar-refractivity contribution is 8.00. The highest BCUT2D eigenvalue weighted by Gasteiger charge is 2.25. The van der Waals surface area contributed by atoms with Crippen LogP contribution in [0.15, 0.2) is 52.2 Å². The number of thioether (sulfide) groups is 1. The molecule has 0 spiro atoms. The van der Waals surface area contributed by atoms with Crippen molar-refractivity contribution in [1.29, 1.82) is 0 Å². The van der Waals surface area contributed by atoms with Crippen molar-refractivity contribution < 1.29 is 9.21 Å². The molecule has 0 aliphatic rings. The first kappa shape index (κ1) is 19.5. The minimum atomic E-state index is -0.299. The number of fused-ring (bicyclic) bond motifs is 1. The van der Waals surface area contributed by atoms with Crippen molar-refractivity contribution >= 4 is 28.4 Å². The number of rotatable bonds is 7. The third-order valence-corrected chi connectivity index (χ3v) is 5.88. The number of nitrogens with zero attached hydrogens (tertiary/aromatic N) is 3. The Labute approximate surface area is 173 Å². The van der Waals surface area contributed by atoms with E-state index in [-0.39, 0.29) is 11.0 Å². The zero-order valence-corrected chi connectivity index (χ0v) is 17.8. The minimum Gasteiger partial charge on any atom is -0.461 e. The summed E-state index contributed by atoms with van der Waals surface area (Å²) in [5.41, 5.74) is 2.62. The number of H-pyrrole nitrogens is 1. The lowest BCUT2D eigenvalue weighted by Crippen LogP contribution is -2.16. The molecule has 1 atom stereocenters. The summed E-state index contributed by atoms with van der Waals surface area (Å²) in [6.45, 7) is 8.91. The van der Waals surface area contributed by atoms with E-state index in [1.54, 1.807) is 6.26 Å². The zero-order valence-electron chi connectivity index (χ0n) is 17.0. The van der Waals surface area contributed by atoms with Crippen molar-refractivity contribution in [1.82, 2.24) is 19.7 Å². The molecule has 0 amide bonds. The Morgan fingerprint density at radius 1 is 1.17 bits per heavy atom. The molecule has 29 heavy (non-hydrogen) atoms. The van der Waals surface area contributed by atoms with Gasteiger partial charge in [-0.05, 0) is 38.0 Å². The Kier molecular flexibility index (Phi) is 5.32. The molecule has 150 valence electrons. The summed E-state index contributed by atoms with van der Waals surface area (Å²) in [6, 6.07) is 11.6. The molecule has 6 nitrogen and oxygen atoms in total. The van der Waals surface area contributed by atoms with Gasteiger partial charge in [-0.3, -0.25) is 9.36 Å². The number of carbonyl (C=O) groups is 1. The van der Waals surface area contributed by atoms with E-state index in [0.29, 0.717) is 17.5 Å². The van der Waals surface area contributed by atoms with Crippen LogP contribution in [0.3, 0.4) is 0 Å². The lowest BCUT2D eigenvalue weighted by Gasteiger charge is -2.14. The highest BCUT2D eigenvalue weighted by Crippen LogP contribution is 2.31. The van der Waals surface area contributed by atoms with E-state index < -0.39 is 0 Å². The summed E-state index contributed by atoms with van der Waals surface area (Å²) >= 11 is 1.44. The van der Waals surface area contributed by atoms with Gasteiger partial charge in [0, 0.05) is 28.7 Å². The Balaban J connectivity index is 1.65. The fourth-order valence-corrected chi connectivity index (χ4v) is 4.42. The summed E-state index contributed by atoms with van der Waals surface area (Å²) in [5.74, 6) is 1.86. The third-order valence-electron chi connectivity index (χ3n) is 4.80. The van der Waals surface area contributed by atoms with E-state index in [4.69, 9.17) is 4.42 Å². The van der Waals surface area contributed by atoms with Gasteiger partial charge in [0.2, 0.25) is 0 Å². The number of furan rings is 1. The maximum Gasteiger partial charge on any atom is 0.200 e. The molecule has 0 aliphatic carbocycles. The van der Waals surface area contributed by atoms with Crippen molar-refractivity contribution in [3.63, 3.8) is 0 Å². The Bertz CT molecular complexity index is 1140. The second kappa shape index (κ2) is 7.91. The number of carbonyl (C=O) groups excluding carboxylic acids is 1. The molecule has 4 aromatic rings. The van der Waals surface area contributed by atoms with Crippen molar-refractivity contribution in [2.24, 2.45) is 5.92 Å². The van der Waals surface area contributed by atoms with Crippen LogP contribution in [0.1, 0.15) is 36.8 Å². The lowest BCUT2D eigenvalue weighted by molar-refractivity contribution is 0.0995. The Morgan fingerprint density at radius 3 is 2.69 bits per heavy atom. The molecule has 0 aliphatic heterocycles. The smallest absolute Gasteiger partial charge is 0.200 e. The van der Waals surface area contributed by atoms with Gasteiger partial charge in [-0.1, -0.05) is 43.8 Å². The summed E-state index contributed by atoms with van der Waals surface area (Å²) in [4.78, 5) is 16.6. The fraction of sp³-hybridized carbons (Fsp3) is 0.318. The van der Waals surface area contributed by atoms with Crippen LogP contribution in [-0.2, 0) is 6.54 Å². The topological polar surface area (TPSA) is 76.7 Å². The molecule has 3 aromatic heterocycles. The van der Waals surface area contributed by atoms with E-state index in [0.717, 1.165) is 33.9 Å². The van der Waals surface area contributed by atoms with Crippen molar-refractivity contribution in [2.45, 2.75) is 44.6 Å². The molecule has 1 aromatic carbocycles. The molecule has 0 fully saturated rings. The van der Waals surface area contributed by atoms with E-state index >= 15 is 0 Å². The van der Waals surface area contributed by atoms with Crippen molar-refractivity contribution in [2.75, 3.05) is 0 Å². The minimum absolute atomic E-state index is 0.0867. The van der Waals surface area contributed by atoms with Gasteiger partial charge in [0.15, 0.2) is 22.5 Å². The monoisotopic (exact) mass is 408 g/mol. The van der Waals surface area contributed by atoms with Crippen molar-refractivity contribution in [3.8, 4) is 11.6 Å². The van der Waals surface area contributed by atoms with Crippen molar-refractivity contribution in [3.05, 3.63) is 53.9 Å². The first-order valence-electron chi connectivity index (χ1n) is 9.71. The molecule has 0 saturated heterocycles. The number of aromatic nitrogens is 4. The van der Waals surface area contributed by atoms with Gasteiger partial charge in [-0.2, -0.15) is 0 Å². The average molecular weight is 409 g/mol. The number of benzene rings is 1. The van der Waals surface area contributed by atoms with Gasteiger partial charge in [0.1, 0.15) is 0 Å². The Hall–Kier alpha value is -2.80. The maximum atomic E-state index is 13.3. The largest absolute Gasteiger partial charge is 0.461 e. The predicted octanol–water partition coefficient (Wildman–Crippen LogP) is 5.35. The molecule has 1 N–H and O–H groups in total. The van der Waals surface area contributed by atoms with Crippen LogP contribution < -0.4 is 0 Å². The van der Waals surface area contributed by atoms with E-state index in [9.17, 15) is 4.79 Å². The molecule has 4 rings (SSSR count). The molecule has 7 heteroatoms. The van der Waals surface area contributed by atoms with Gasteiger partial charge in [-0.15, -0.1) is 10.2 Å². The van der Waals surface area contributed by atoms with E-state index in [1.807, 2.05) is 54.8 Å². The van der Waals surface area contributed by atoms with Crippen LogP contribution in [0.2, 0.25) is 0 Å². The van der Waals surface area contributed by atoms with Crippen LogP contribution in [0.5, 0.6) is 0 Å². The van der Waals surface area contributed by atoms with E-state index in [1.165, 1.54) is 11.8 Å². The van der Waals surface area contributed by atoms with Gasteiger partial charge < -0.3 is 9.40 Å². The normalized spacial score (nSPS) is 12.7. The second-order valence-corrected chi connectivity index (χ2v) is 8.89. The number of para-hydroxylation sites is 1. The Morgan fingerprint density at radius 2 is 1.97 bits per heavy atom. The standard InChI is InChI=1S/C22H24N4O2S/c1-13(2)12-26-21(18-10-7-11-28-18)24-25-22(26)29-15(4)20(27)19-14(3)23-17-9-6-5-8-16(17)19/h5-11,13,15,23H,12H2,1-4H3. The van der Waals surface area contributed by atoms with Crippen LogP contribution >= 0.6 is 11.8 Å². The van der Waals surface area contributed by atoms with E-state index in [2.05, 4.69) is 29.0 Å². The van der Waals surface area contributed by atoms with Gasteiger partial charge in [0.25, 0.3) is 0 Å². The van der Waals surface area contributed by atoms with Crippen LogP contribution in [0, 0.1) is 12.8 Å². The van der Waals surface area contributed by atoms with Crippen LogP contribution in [-0.4, -0.2) is 30.8 Å². The first-order valence-corrected chi connectivity index (χ1v) is 10.6. The first-order chi connectivity index (χ1) is 14.0. The molecule has 0 bridgehead atoms. The molecule has 0 radical (unpaired) electrons. The summed E-state index contributed by atoms with van der Waals surface area (Å²) in [6.07, 6.45) is 1.63. The zero-order chi connectivity index (χ0) is 20.5. The number of hydrogen-bond acceptors (Lipinski definition) is 5. The maximum absolute atomic E-state index is 13.3. The van der Waals surface area contributed by atoms with Crippen LogP contribution in [0.4, 0.5) is 0 Å². The molecule has 3 heterocycles. The highest BCUT2D eigenvalue weighted by atomic mass is 32.2. The average Bonchev–Trinajstić information content (AvgIpc) is 3.40. The number of Topliss-reactive ketones (excluding diaryl/α,β-unsaturated/α-hetero) is 1. The fourth-order valence-electron chi connectivity index (χ4n) is 3.50. The third kappa shape index (κ3) is 3.74. The molecule has 1 unspecified atom stereocenters. The van der Waals surface area contributed by atoms with Gasteiger partial charge in [0.05, 0.1) is 11.5 Å². The van der Waals surface area contributed by atoms with Gasteiger partial charge >= 0.3 is 0 Å². The van der Waals surface area contributed by atoms with Gasteiger partial charge in [-0.25, -0.2) is 0 Å². The summed E-state index contributed by atoms with van der Waals surface area (Å²) < 4.78 is 7.57. The van der Waals surface area contributed by atoms with Crippen LogP contribution in [0.25, 0.3) is 22.5 Å². The number of hydrogen-bond donors (Lipinski definition) is 1. The second-order valence-electron chi connectivity index (χ2n) is 7.58. The molecular weight excluding hydrogens is 384 g/mol. The number of aromatic amines is 1. The predicted molar refractivity (Wildman–Crippen MR) is 115 cm³/mol. The summed E-state index contributed by atoms with van der Waals surface area (Å²) in [5, 5.41) is 10.1. The summed E-state index contributed by atoms with van der Waals surface area (Å²) in [7, 11) is 0. The SMILES string of the molecule is Cc1[nH]c2ccccc2c1C(=O)C(C)Sc1nnc(-c2ccco2)n1CC(C)C. The number of nitrogens with one attached hydrogen (secondary N) is 1. The quantitative estimate of drug-likeness (QED) is 0.330. The molecule has 0 saturated carbocycles. The number of aryl methyl sites for hydroxylation is 1. The lowest BCUT2D eigenvalue weighted by atomic mass is 10.1.